The topological polar surface area (TPSA) is 63.4 Å². The second-order valence-electron chi connectivity index (χ2n) is 6.25. The van der Waals surface area contributed by atoms with E-state index in [4.69, 9.17) is 5.73 Å². The van der Waals surface area contributed by atoms with Crippen LogP contribution in [0.25, 0.3) is 0 Å². The third kappa shape index (κ3) is 2.67. The first-order chi connectivity index (χ1) is 10.1. The van der Waals surface area contributed by atoms with Crippen molar-refractivity contribution in [3.8, 4) is 0 Å². The summed E-state index contributed by atoms with van der Waals surface area (Å²) in [6.07, 6.45) is 6.87. The lowest BCUT2D eigenvalue weighted by Gasteiger charge is -2.29. The molecular weight excluding hydrogens is 304 g/mol. The SMILES string of the molecule is Cc1csc(CN)c1S(=O)(=O)N1CCCC1C1CCCC1. The quantitative estimate of drug-likeness (QED) is 0.924. The summed E-state index contributed by atoms with van der Waals surface area (Å²) in [5.74, 6) is 0.558. The first kappa shape index (κ1) is 15.5. The zero-order valence-electron chi connectivity index (χ0n) is 12.5. The van der Waals surface area contributed by atoms with E-state index in [0.29, 0.717) is 23.9 Å². The molecule has 2 N–H and O–H groups in total. The van der Waals surface area contributed by atoms with E-state index in [0.717, 1.165) is 23.3 Å². The Morgan fingerprint density at radius 3 is 2.67 bits per heavy atom. The molecule has 1 aromatic rings. The molecule has 1 aromatic heterocycles. The van der Waals surface area contributed by atoms with Crippen molar-refractivity contribution in [1.29, 1.82) is 0 Å². The van der Waals surface area contributed by atoms with Gasteiger partial charge in [-0.05, 0) is 49.5 Å². The Balaban J connectivity index is 1.95. The highest BCUT2D eigenvalue weighted by Crippen LogP contribution is 2.39. The Morgan fingerprint density at radius 2 is 2.00 bits per heavy atom. The number of thiophene rings is 1. The van der Waals surface area contributed by atoms with E-state index in [9.17, 15) is 8.42 Å². The lowest BCUT2D eigenvalue weighted by Crippen LogP contribution is -2.39. The molecule has 2 fully saturated rings. The fourth-order valence-electron chi connectivity index (χ4n) is 3.97. The van der Waals surface area contributed by atoms with Crippen LogP contribution in [-0.4, -0.2) is 25.3 Å². The lowest BCUT2D eigenvalue weighted by atomic mass is 9.97. The molecule has 1 aliphatic carbocycles. The van der Waals surface area contributed by atoms with Crippen LogP contribution >= 0.6 is 11.3 Å². The van der Waals surface area contributed by atoms with Crippen molar-refractivity contribution >= 4 is 21.4 Å². The van der Waals surface area contributed by atoms with E-state index in [1.165, 1.54) is 37.0 Å². The monoisotopic (exact) mass is 328 g/mol. The van der Waals surface area contributed by atoms with Gasteiger partial charge in [-0.2, -0.15) is 4.31 Å². The van der Waals surface area contributed by atoms with E-state index in [1.807, 2.05) is 12.3 Å². The van der Waals surface area contributed by atoms with Gasteiger partial charge in [-0.1, -0.05) is 12.8 Å². The zero-order valence-corrected chi connectivity index (χ0v) is 14.2. The molecule has 118 valence electrons. The van der Waals surface area contributed by atoms with Crippen molar-refractivity contribution in [1.82, 2.24) is 4.31 Å². The van der Waals surface area contributed by atoms with Gasteiger partial charge in [-0.3, -0.25) is 0 Å². The Labute approximate surface area is 131 Å². The molecule has 1 atom stereocenters. The van der Waals surface area contributed by atoms with Crippen LogP contribution in [0.15, 0.2) is 10.3 Å². The van der Waals surface area contributed by atoms with E-state index < -0.39 is 10.0 Å². The minimum absolute atomic E-state index is 0.211. The number of rotatable bonds is 4. The number of nitrogens with two attached hydrogens (primary N) is 1. The van der Waals surface area contributed by atoms with Crippen LogP contribution in [0.1, 0.15) is 49.0 Å². The number of hydrogen-bond acceptors (Lipinski definition) is 4. The van der Waals surface area contributed by atoms with Crippen molar-refractivity contribution < 1.29 is 8.42 Å². The van der Waals surface area contributed by atoms with Gasteiger partial charge < -0.3 is 5.73 Å². The molecule has 1 saturated heterocycles. The first-order valence-electron chi connectivity index (χ1n) is 7.84. The zero-order chi connectivity index (χ0) is 15.0. The molecule has 0 amide bonds. The van der Waals surface area contributed by atoms with Crippen molar-refractivity contribution in [2.75, 3.05) is 6.54 Å². The first-order valence-corrected chi connectivity index (χ1v) is 10.2. The number of aryl methyl sites for hydroxylation is 1. The Hall–Kier alpha value is -0.430. The highest BCUT2D eigenvalue weighted by atomic mass is 32.2. The van der Waals surface area contributed by atoms with E-state index in [-0.39, 0.29) is 6.04 Å². The largest absolute Gasteiger partial charge is 0.326 e. The second-order valence-corrected chi connectivity index (χ2v) is 9.04. The standard InChI is InChI=1S/C15H24N2O2S2/c1-11-10-20-14(9-16)15(11)21(18,19)17-8-4-7-13(17)12-5-2-3-6-12/h10,12-13H,2-9,16H2,1H3. The molecule has 1 unspecified atom stereocenters. The summed E-state index contributed by atoms with van der Waals surface area (Å²) in [5, 5.41) is 1.91. The fourth-order valence-corrected chi connectivity index (χ4v) is 7.38. The van der Waals surface area contributed by atoms with Crippen LogP contribution in [0.4, 0.5) is 0 Å². The molecule has 3 rings (SSSR count). The summed E-state index contributed by atoms with van der Waals surface area (Å²) in [4.78, 5) is 1.28. The maximum atomic E-state index is 13.1. The van der Waals surface area contributed by atoms with Crippen LogP contribution in [0, 0.1) is 12.8 Å². The summed E-state index contributed by atoms with van der Waals surface area (Å²) in [6, 6.07) is 0.211. The van der Waals surface area contributed by atoms with Crippen LogP contribution in [-0.2, 0) is 16.6 Å². The van der Waals surface area contributed by atoms with Gasteiger partial charge in [-0.25, -0.2) is 8.42 Å². The minimum Gasteiger partial charge on any atom is -0.326 e. The predicted octanol–water partition coefficient (Wildman–Crippen LogP) is 2.86. The molecule has 0 spiro atoms. The molecule has 0 aromatic carbocycles. The number of sulfonamides is 1. The molecule has 4 nitrogen and oxygen atoms in total. The van der Waals surface area contributed by atoms with Crippen molar-refractivity contribution in [2.45, 2.75) is 62.9 Å². The summed E-state index contributed by atoms with van der Waals surface area (Å²) >= 11 is 1.46. The van der Waals surface area contributed by atoms with Gasteiger partial charge in [0.05, 0.1) is 0 Å². The maximum Gasteiger partial charge on any atom is 0.244 e. The van der Waals surface area contributed by atoms with Crippen molar-refractivity contribution in [3.63, 3.8) is 0 Å². The van der Waals surface area contributed by atoms with Gasteiger partial charge in [0.25, 0.3) is 0 Å². The van der Waals surface area contributed by atoms with Crippen molar-refractivity contribution in [3.05, 3.63) is 15.8 Å². The summed E-state index contributed by atoms with van der Waals surface area (Å²) in [7, 11) is -3.39. The van der Waals surface area contributed by atoms with E-state index in [1.54, 1.807) is 4.31 Å². The van der Waals surface area contributed by atoms with Crippen LogP contribution in [0.5, 0.6) is 0 Å². The Morgan fingerprint density at radius 1 is 1.29 bits per heavy atom. The fraction of sp³-hybridized carbons (Fsp3) is 0.733. The van der Waals surface area contributed by atoms with Crippen molar-refractivity contribution in [2.24, 2.45) is 11.7 Å². The second kappa shape index (κ2) is 5.99. The molecule has 0 radical (unpaired) electrons. The average molecular weight is 329 g/mol. The third-order valence-electron chi connectivity index (χ3n) is 4.93. The molecule has 21 heavy (non-hydrogen) atoms. The smallest absolute Gasteiger partial charge is 0.244 e. The maximum absolute atomic E-state index is 13.1. The lowest BCUT2D eigenvalue weighted by molar-refractivity contribution is 0.288. The van der Waals surface area contributed by atoms with Gasteiger partial charge in [0.1, 0.15) is 4.90 Å². The third-order valence-corrected chi connectivity index (χ3v) is 8.34. The summed E-state index contributed by atoms with van der Waals surface area (Å²) < 4.78 is 28.1. The average Bonchev–Trinajstić information content (AvgIpc) is 3.18. The van der Waals surface area contributed by atoms with Gasteiger partial charge in [-0.15, -0.1) is 11.3 Å². The molecule has 0 bridgehead atoms. The molecule has 2 heterocycles. The van der Waals surface area contributed by atoms with Crippen LogP contribution in [0.3, 0.4) is 0 Å². The molecule has 1 saturated carbocycles. The highest BCUT2D eigenvalue weighted by molar-refractivity contribution is 7.89. The Bertz CT molecular complexity index is 603. The number of hydrogen-bond donors (Lipinski definition) is 1. The molecule has 2 aliphatic rings. The van der Waals surface area contributed by atoms with Crippen LogP contribution < -0.4 is 5.73 Å². The molecule has 1 aliphatic heterocycles. The molecule has 6 heteroatoms. The predicted molar refractivity (Wildman–Crippen MR) is 85.8 cm³/mol. The highest BCUT2D eigenvalue weighted by Gasteiger charge is 2.41. The minimum atomic E-state index is -3.39. The van der Waals surface area contributed by atoms with Crippen LogP contribution in [0.2, 0.25) is 0 Å². The van der Waals surface area contributed by atoms with Gasteiger partial charge in [0.2, 0.25) is 10.0 Å². The normalized spacial score (nSPS) is 25.0. The van der Waals surface area contributed by atoms with E-state index in [2.05, 4.69) is 0 Å². The molecular formula is C15H24N2O2S2. The summed E-state index contributed by atoms with van der Waals surface area (Å²) in [6.45, 7) is 2.85. The van der Waals surface area contributed by atoms with Gasteiger partial charge >= 0.3 is 0 Å². The Kier molecular flexibility index (Phi) is 4.41. The van der Waals surface area contributed by atoms with Gasteiger partial charge in [0.15, 0.2) is 0 Å². The van der Waals surface area contributed by atoms with E-state index >= 15 is 0 Å². The van der Waals surface area contributed by atoms with Gasteiger partial charge in [0, 0.05) is 24.0 Å². The summed E-state index contributed by atoms with van der Waals surface area (Å²) in [5.41, 5.74) is 6.59. The number of nitrogens with zero attached hydrogens (tertiary/aromatic N) is 1.